The maximum absolute atomic E-state index is 11.5. The lowest BCUT2D eigenvalue weighted by atomic mass is 10.1. The van der Waals surface area contributed by atoms with Crippen LogP contribution >= 0.6 is 11.3 Å². The van der Waals surface area contributed by atoms with Crippen molar-refractivity contribution >= 4 is 17.3 Å². The summed E-state index contributed by atoms with van der Waals surface area (Å²) in [5, 5.41) is 10.1. The predicted molar refractivity (Wildman–Crippen MR) is 82.5 cm³/mol. The number of pyridine rings is 1. The highest BCUT2D eigenvalue weighted by molar-refractivity contribution is 7.18. The molecule has 2 aromatic heterocycles. The molecule has 0 unspecified atom stereocenters. The number of thiazole rings is 1. The van der Waals surface area contributed by atoms with Crippen LogP contribution in [0.25, 0.3) is 21.0 Å². The van der Waals surface area contributed by atoms with Gasteiger partial charge in [-0.2, -0.15) is 0 Å². The number of carboxylic acids is 1. The average Bonchev–Trinajstić information content (AvgIpc) is 2.94. The lowest BCUT2D eigenvalue weighted by Gasteiger charge is -1.99. The molecule has 0 aliphatic rings. The van der Waals surface area contributed by atoms with Gasteiger partial charge in [0.25, 0.3) is 0 Å². The third-order valence-corrected chi connectivity index (χ3v) is 4.25. The van der Waals surface area contributed by atoms with Gasteiger partial charge in [-0.05, 0) is 24.1 Å². The number of aromatic carboxylic acids is 1. The number of nitrogens with zero attached hydrogens (tertiary/aromatic N) is 2. The first kappa shape index (κ1) is 13.5. The van der Waals surface area contributed by atoms with Gasteiger partial charge in [-0.25, -0.2) is 9.78 Å². The summed E-state index contributed by atoms with van der Waals surface area (Å²) in [5.41, 5.74) is 2.85. The van der Waals surface area contributed by atoms with Crippen molar-refractivity contribution in [2.75, 3.05) is 0 Å². The van der Waals surface area contributed by atoms with Gasteiger partial charge in [0.2, 0.25) is 0 Å². The van der Waals surface area contributed by atoms with Crippen molar-refractivity contribution < 1.29 is 9.90 Å². The summed E-state index contributed by atoms with van der Waals surface area (Å²) in [4.78, 5) is 20.5. The molecule has 21 heavy (non-hydrogen) atoms. The standard InChI is InChI=1S/C16H12N2O2S/c1-10-9-17-8-7-12(10)15-18-13(16(19)20)14(21-15)11-5-3-2-4-6-11/h2-9H,1H3,(H,19,20). The van der Waals surface area contributed by atoms with Crippen molar-refractivity contribution in [3.63, 3.8) is 0 Å². The number of carbonyl (C=O) groups is 1. The van der Waals surface area contributed by atoms with Crippen LogP contribution in [-0.2, 0) is 0 Å². The summed E-state index contributed by atoms with van der Waals surface area (Å²) < 4.78 is 0. The molecule has 0 spiro atoms. The Hall–Kier alpha value is -2.53. The molecule has 5 heteroatoms. The monoisotopic (exact) mass is 296 g/mol. The first-order chi connectivity index (χ1) is 10.2. The first-order valence-electron chi connectivity index (χ1n) is 6.37. The molecule has 0 saturated heterocycles. The minimum atomic E-state index is -1.01. The van der Waals surface area contributed by atoms with Crippen LogP contribution in [0.15, 0.2) is 48.8 Å². The molecule has 0 aliphatic carbocycles. The van der Waals surface area contributed by atoms with E-state index < -0.39 is 5.97 Å². The van der Waals surface area contributed by atoms with E-state index in [1.165, 1.54) is 11.3 Å². The Kier molecular flexibility index (Phi) is 3.50. The molecule has 0 amide bonds. The predicted octanol–water partition coefficient (Wildman–Crippen LogP) is 3.88. The van der Waals surface area contributed by atoms with Crippen LogP contribution in [0.4, 0.5) is 0 Å². The van der Waals surface area contributed by atoms with E-state index in [1.54, 1.807) is 12.4 Å². The maximum Gasteiger partial charge on any atom is 0.356 e. The summed E-state index contributed by atoms with van der Waals surface area (Å²) in [6.07, 6.45) is 3.44. The van der Waals surface area contributed by atoms with Crippen LogP contribution in [0.1, 0.15) is 16.1 Å². The lowest BCUT2D eigenvalue weighted by Crippen LogP contribution is -1.98. The molecule has 0 radical (unpaired) electrons. The van der Waals surface area contributed by atoms with Gasteiger partial charge in [0.1, 0.15) is 5.01 Å². The summed E-state index contributed by atoms with van der Waals surface area (Å²) in [6.45, 7) is 1.94. The molecule has 2 heterocycles. The molecule has 104 valence electrons. The van der Waals surface area contributed by atoms with E-state index in [1.807, 2.05) is 43.3 Å². The minimum Gasteiger partial charge on any atom is -0.476 e. The second kappa shape index (κ2) is 5.46. The number of aryl methyl sites for hydroxylation is 1. The Bertz CT molecular complexity index is 797. The molecule has 0 aliphatic heterocycles. The Morgan fingerprint density at radius 1 is 1.19 bits per heavy atom. The number of hydrogen-bond donors (Lipinski definition) is 1. The Morgan fingerprint density at radius 3 is 2.62 bits per heavy atom. The van der Waals surface area contributed by atoms with Crippen LogP contribution in [0.5, 0.6) is 0 Å². The van der Waals surface area contributed by atoms with E-state index in [4.69, 9.17) is 0 Å². The fourth-order valence-electron chi connectivity index (χ4n) is 2.08. The van der Waals surface area contributed by atoms with Crippen molar-refractivity contribution in [1.82, 2.24) is 9.97 Å². The number of benzene rings is 1. The van der Waals surface area contributed by atoms with Crippen molar-refractivity contribution in [2.45, 2.75) is 6.92 Å². The molecule has 1 N–H and O–H groups in total. The SMILES string of the molecule is Cc1cnccc1-c1nc(C(=O)O)c(-c2ccccc2)s1. The molecular weight excluding hydrogens is 284 g/mol. The highest BCUT2D eigenvalue weighted by Gasteiger charge is 2.20. The number of aromatic nitrogens is 2. The van der Waals surface area contributed by atoms with Crippen LogP contribution in [0.3, 0.4) is 0 Å². The Morgan fingerprint density at radius 2 is 1.95 bits per heavy atom. The molecule has 0 atom stereocenters. The molecule has 3 rings (SSSR count). The zero-order valence-electron chi connectivity index (χ0n) is 11.3. The van der Waals surface area contributed by atoms with Crippen LogP contribution in [-0.4, -0.2) is 21.0 Å². The third-order valence-electron chi connectivity index (χ3n) is 3.12. The summed E-state index contributed by atoms with van der Waals surface area (Å²) in [6, 6.07) is 11.3. The highest BCUT2D eigenvalue weighted by atomic mass is 32.1. The van der Waals surface area contributed by atoms with Gasteiger partial charge in [-0.15, -0.1) is 11.3 Å². The van der Waals surface area contributed by atoms with Gasteiger partial charge < -0.3 is 5.11 Å². The van der Waals surface area contributed by atoms with Crippen LogP contribution in [0.2, 0.25) is 0 Å². The van der Waals surface area contributed by atoms with E-state index in [0.29, 0.717) is 9.88 Å². The van der Waals surface area contributed by atoms with Gasteiger partial charge >= 0.3 is 5.97 Å². The van der Waals surface area contributed by atoms with E-state index in [9.17, 15) is 9.90 Å². The minimum absolute atomic E-state index is 0.0948. The summed E-state index contributed by atoms with van der Waals surface area (Å²) in [7, 11) is 0. The zero-order chi connectivity index (χ0) is 14.8. The quantitative estimate of drug-likeness (QED) is 0.796. The second-order valence-electron chi connectivity index (χ2n) is 4.56. The van der Waals surface area contributed by atoms with Gasteiger partial charge in [0.05, 0.1) is 4.88 Å². The van der Waals surface area contributed by atoms with E-state index in [0.717, 1.165) is 16.7 Å². The Balaban J connectivity index is 2.18. The fraction of sp³-hybridized carbons (Fsp3) is 0.0625. The number of carboxylic acid groups (broad SMARTS) is 1. The van der Waals surface area contributed by atoms with Gasteiger partial charge in [0, 0.05) is 18.0 Å². The van der Waals surface area contributed by atoms with Crippen molar-refractivity contribution in [3.8, 4) is 21.0 Å². The molecule has 0 saturated carbocycles. The van der Waals surface area contributed by atoms with Gasteiger partial charge in [-0.3, -0.25) is 4.98 Å². The first-order valence-corrected chi connectivity index (χ1v) is 7.19. The molecule has 0 bridgehead atoms. The number of hydrogen-bond acceptors (Lipinski definition) is 4. The molecule has 1 aromatic carbocycles. The molecule has 0 fully saturated rings. The van der Waals surface area contributed by atoms with Crippen LogP contribution < -0.4 is 0 Å². The molecular formula is C16H12N2O2S. The summed E-state index contributed by atoms with van der Waals surface area (Å²) in [5.74, 6) is -1.01. The van der Waals surface area contributed by atoms with Crippen molar-refractivity contribution in [2.24, 2.45) is 0 Å². The third kappa shape index (κ3) is 2.55. The molecule has 4 nitrogen and oxygen atoms in total. The van der Waals surface area contributed by atoms with Crippen molar-refractivity contribution in [3.05, 3.63) is 60.0 Å². The highest BCUT2D eigenvalue weighted by Crippen LogP contribution is 2.36. The number of rotatable bonds is 3. The van der Waals surface area contributed by atoms with Crippen molar-refractivity contribution in [1.29, 1.82) is 0 Å². The topological polar surface area (TPSA) is 63.1 Å². The normalized spacial score (nSPS) is 10.5. The van der Waals surface area contributed by atoms with E-state index >= 15 is 0 Å². The fourth-order valence-corrected chi connectivity index (χ4v) is 3.23. The smallest absolute Gasteiger partial charge is 0.356 e. The average molecular weight is 296 g/mol. The van der Waals surface area contributed by atoms with E-state index in [2.05, 4.69) is 9.97 Å². The second-order valence-corrected chi connectivity index (χ2v) is 5.56. The van der Waals surface area contributed by atoms with Crippen LogP contribution in [0, 0.1) is 6.92 Å². The van der Waals surface area contributed by atoms with Gasteiger partial charge in [-0.1, -0.05) is 30.3 Å². The maximum atomic E-state index is 11.5. The summed E-state index contributed by atoms with van der Waals surface area (Å²) >= 11 is 1.39. The Labute approximate surface area is 125 Å². The van der Waals surface area contributed by atoms with Gasteiger partial charge in [0.15, 0.2) is 5.69 Å². The largest absolute Gasteiger partial charge is 0.476 e. The van der Waals surface area contributed by atoms with E-state index in [-0.39, 0.29) is 5.69 Å². The molecule has 3 aromatic rings. The lowest BCUT2D eigenvalue weighted by molar-refractivity contribution is 0.0692. The zero-order valence-corrected chi connectivity index (χ0v) is 12.1.